The number of fused-ring (bicyclic) bond motifs is 1. The molecule has 2 rings (SSSR count). The number of pyridine rings is 1. The van der Waals surface area contributed by atoms with Crippen molar-refractivity contribution in [2.24, 2.45) is 5.11 Å². The fourth-order valence-electron chi connectivity index (χ4n) is 1.92. The van der Waals surface area contributed by atoms with E-state index in [1.165, 1.54) is 0 Å². The molecule has 0 aliphatic rings. The van der Waals surface area contributed by atoms with Crippen LogP contribution in [0.15, 0.2) is 35.6 Å². The van der Waals surface area contributed by atoms with Gasteiger partial charge in [-0.05, 0) is 23.7 Å². The summed E-state index contributed by atoms with van der Waals surface area (Å²) in [6.07, 6.45) is 1.66. The molecule has 100 valence electrons. The van der Waals surface area contributed by atoms with Gasteiger partial charge in [0.1, 0.15) is 6.04 Å². The Morgan fingerprint density at radius 3 is 3.10 bits per heavy atom. The molecule has 0 bridgehead atoms. The number of aromatic nitrogens is 1. The fourth-order valence-corrected chi connectivity index (χ4v) is 2.14. The van der Waals surface area contributed by atoms with E-state index in [2.05, 4.69) is 26.4 Å². The third kappa shape index (κ3) is 2.98. The zero-order chi connectivity index (χ0) is 14.4. The monoisotopic (exact) mass is 286 g/mol. The maximum Gasteiger partial charge on any atom is 0.123 e. The van der Waals surface area contributed by atoms with Gasteiger partial charge in [-0.3, -0.25) is 10.3 Å². The molecule has 6 nitrogen and oxygen atoms in total. The summed E-state index contributed by atoms with van der Waals surface area (Å²) in [4.78, 5) is 6.96. The number of rotatable bonds is 5. The molecular formula is C13H11ClN6. The molecule has 0 spiro atoms. The minimum absolute atomic E-state index is 0.285. The van der Waals surface area contributed by atoms with Gasteiger partial charge in [-0.25, -0.2) is 0 Å². The van der Waals surface area contributed by atoms with E-state index < -0.39 is 6.04 Å². The molecule has 0 radical (unpaired) electrons. The molecule has 1 unspecified atom stereocenters. The van der Waals surface area contributed by atoms with Crippen molar-refractivity contribution in [2.75, 3.05) is 13.1 Å². The SMILES string of the molecule is N#CC(NCCN=[N+]=[N-])c1ccc(Cl)c2cccnc12. The van der Waals surface area contributed by atoms with Gasteiger partial charge in [0.25, 0.3) is 0 Å². The van der Waals surface area contributed by atoms with Crippen molar-refractivity contribution in [3.63, 3.8) is 0 Å². The first-order chi connectivity index (χ1) is 9.77. The lowest BCUT2D eigenvalue weighted by Crippen LogP contribution is -2.23. The molecule has 20 heavy (non-hydrogen) atoms. The average Bonchev–Trinajstić information content (AvgIpc) is 2.49. The Labute approximate surface area is 120 Å². The van der Waals surface area contributed by atoms with Gasteiger partial charge in [0, 0.05) is 40.2 Å². The van der Waals surface area contributed by atoms with Crippen LogP contribution in [-0.2, 0) is 0 Å². The van der Waals surface area contributed by atoms with Gasteiger partial charge in [-0.2, -0.15) is 5.26 Å². The summed E-state index contributed by atoms with van der Waals surface area (Å²) >= 11 is 6.12. The number of halogens is 1. The topological polar surface area (TPSA) is 97.5 Å². The zero-order valence-corrected chi connectivity index (χ0v) is 11.2. The lowest BCUT2D eigenvalue weighted by atomic mass is 10.0. The summed E-state index contributed by atoms with van der Waals surface area (Å²) < 4.78 is 0. The highest BCUT2D eigenvalue weighted by Gasteiger charge is 2.15. The molecule has 0 saturated heterocycles. The van der Waals surface area contributed by atoms with E-state index in [0.717, 1.165) is 10.9 Å². The van der Waals surface area contributed by atoms with Crippen molar-refractivity contribution < 1.29 is 0 Å². The van der Waals surface area contributed by atoms with Crippen LogP contribution >= 0.6 is 11.6 Å². The van der Waals surface area contributed by atoms with Crippen molar-refractivity contribution in [2.45, 2.75) is 6.04 Å². The number of nitrogens with one attached hydrogen (secondary N) is 1. The predicted molar refractivity (Wildman–Crippen MR) is 77.1 cm³/mol. The Bertz CT molecular complexity index is 702. The minimum atomic E-state index is -0.529. The molecule has 1 heterocycles. The molecule has 2 aromatic rings. The lowest BCUT2D eigenvalue weighted by Gasteiger charge is -2.13. The first-order valence-corrected chi connectivity index (χ1v) is 6.32. The van der Waals surface area contributed by atoms with Gasteiger partial charge < -0.3 is 0 Å². The second-order valence-corrected chi connectivity index (χ2v) is 4.41. The van der Waals surface area contributed by atoms with Crippen molar-refractivity contribution >= 4 is 22.5 Å². The van der Waals surface area contributed by atoms with Crippen LogP contribution in [0.4, 0.5) is 0 Å². The van der Waals surface area contributed by atoms with E-state index in [4.69, 9.17) is 17.1 Å². The van der Waals surface area contributed by atoms with Crippen LogP contribution < -0.4 is 5.32 Å². The van der Waals surface area contributed by atoms with Gasteiger partial charge in [-0.15, -0.1) is 0 Å². The van der Waals surface area contributed by atoms with Crippen molar-refractivity contribution in [3.05, 3.63) is 51.5 Å². The normalized spacial score (nSPS) is 11.6. The highest BCUT2D eigenvalue weighted by Crippen LogP contribution is 2.28. The van der Waals surface area contributed by atoms with Crippen LogP contribution in [0.1, 0.15) is 11.6 Å². The molecule has 0 aliphatic heterocycles. The van der Waals surface area contributed by atoms with Crippen LogP contribution in [0.5, 0.6) is 0 Å². The van der Waals surface area contributed by atoms with E-state index in [-0.39, 0.29) is 6.54 Å². The van der Waals surface area contributed by atoms with E-state index in [0.29, 0.717) is 17.1 Å². The van der Waals surface area contributed by atoms with Crippen LogP contribution in [-0.4, -0.2) is 18.1 Å². The van der Waals surface area contributed by atoms with Crippen molar-refractivity contribution in [3.8, 4) is 6.07 Å². The number of hydrogen-bond acceptors (Lipinski definition) is 4. The molecule has 1 aromatic carbocycles. The highest BCUT2D eigenvalue weighted by atomic mass is 35.5. The zero-order valence-electron chi connectivity index (χ0n) is 10.5. The van der Waals surface area contributed by atoms with Crippen LogP contribution in [0.2, 0.25) is 5.02 Å². The summed E-state index contributed by atoms with van der Waals surface area (Å²) in [6, 6.07) is 8.85. The number of benzene rings is 1. The third-order valence-electron chi connectivity index (χ3n) is 2.81. The fraction of sp³-hybridized carbons (Fsp3) is 0.231. The Morgan fingerprint density at radius 1 is 1.50 bits per heavy atom. The van der Waals surface area contributed by atoms with Gasteiger partial charge >= 0.3 is 0 Å². The van der Waals surface area contributed by atoms with Crippen molar-refractivity contribution in [1.29, 1.82) is 5.26 Å². The first-order valence-electron chi connectivity index (χ1n) is 5.95. The molecule has 1 N–H and O–H groups in total. The molecule has 7 heteroatoms. The Balaban J connectivity index is 2.33. The van der Waals surface area contributed by atoms with Gasteiger partial charge in [0.15, 0.2) is 0 Å². The Morgan fingerprint density at radius 2 is 2.35 bits per heavy atom. The lowest BCUT2D eigenvalue weighted by molar-refractivity contribution is 0.637. The van der Waals surface area contributed by atoms with E-state index >= 15 is 0 Å². The Kier molecular flexibility index (Phi) is 4.75. The summed E-state index contributed by atoms with van der Waals surface area (Å²) in [5, 5.41) is 17.1. The maximum atomic E-state index is 9.29. The summed E-state index contributed by atoms with van der Waals surface area (Å²) in [5.74, 6) is 0. The molecule has 0 fully saturated rings. The predicted octanol–water partition coefficient (Wildman–Crippen LogP) is 3.35. The second kappa shape index (κ2) is 6.73. The standard InChI is InChI=1S/C13H11ClN6/c14-11-4-3-10(13-9(11)2-1-5-18-13)12(8-15)17-6-7-19-20-16/h1-5,12,17H,6-7H2. The molecule has 1 aromatic heterocycles. The number of nitrogens with zero attached hydrogens (tertiary/aromatic N) is 5. The van der Waals surface area contributed by atoms with Gasteiger partial charge in [0.05, 0.1) is 11.6 Å². The first kappa shape index (κ1) is 14.1. The molecule has 1 atom stereocenters. The van der Waals surface area contributed by atoms with Crippen molar-refractivity contribution in [1.82, 2.24) is 10.3 Å². The second-order valence-electron chi connectivity index (χ2n) is 4.01. The average molecular weight is 287 g/mol. The smallest absolute Gasteiger partial charge is 0.123 e. The van der Waals surface area contributed by atoms with Crippen LogP contribution in [0.3, 0.4) is 0 Å². The van der Waals surface area contributed by atoms with E-state index in [1.807, 2.05) is 6.07 Å². The largest absolute Gasteiger partial charge is 0.298 e. The summed E-state index contributed by atoms with van der Waals surface area (Å²) in [7, 11) is 0. The highest BCUT2D eigenvalue weighted by molar-refractivity contribution is 6.35. The summed E-state index contributed by atoms with van der Waals surface area (Å²) in [5.41, 5.74) is 9.67. The molecular weight excluding hydrogens is 276 g/mol. The van der Waals surface area contributed by atoms with E-state index in [1.54, 1.807) is 24.4 Å². The maximum absolute atomic E-state index is 9.29. The minimum Gasteiger partial charge on any atom is -0.298 e. The van der Waals surface area contributed by atoms with Gasteiger partial charge in [-0.1, -0.05) is 22.8 Å². The van der Waals surface area contributed by atoms with E-state index in [9.17, 15) is 5.26 Å². The van der Waals surface area contributed by atoms with Crippen LogP contribution in [0, 0.1) is 11.3 Å². The molecule has 0 aliphatic carbocycles. The third-order valence-corrected chi connectivity index (χ3v) is 3.14. The number of hydrogen-bond donors (Lipinski definition) is 1. The molecule has 0 amide bonds. The summed E-state index contributed by atoms with van der Waals surface area (Å²) in [6.45, 7) is 0.701. The quantitative estimate of drug-likeness (QED) is 0.395. The Hall–Kier alpha value is -2.32. The van der Waals surface area contributed by atoms with Gasteiger partial charge in [0.2, 0.25) is 0 Å². The van der Waals surface area contributed by atoms with Crippen LogP contribution in [0.25, 0.3) is 21.3 Å². The molecule has 0 saturated carbocycles. The number of azide groups is 1. The number of nitriles is 1.